The van der Waals surface area contributed by atoms with Gasteiger partial charge in [-0.2, -0.15) is 0 Å². The van der Waals surface area contributed by atoms with Crippen LogP contribution in [0.5, 0.6) is 5.75 Å². The first-order valence-corrected chi connectivity index (χ1v) is 6.01. The van der Waals surface area contributed by atoms with E-state index in [1.807, 2.05) is 12.1 Å². The van der Waals surface area contributed by atoms with Gasteiger partial charge in [0.25, 0.3) is 5.91 Å². The van der Waals surface area contributed by atoms with Crippen molar-refractivity contribution in [3.8, 4) is 5.75 Å². The Morgan fingerprint density at radius 1 is 1.22 bits per heavy atom. The van der Waals surface area contributed by atoms with E-state index in [2.05, 4.69) is 21.2 Å². The molecule has 4 nitrogen and oxygen atoms in total. The molecular weight excluding hydrogens is 296 g/mol. The van der Waals surface area contributed by atoms with Crippen LogP contribution in [0.15, 0.2) is 46.9 Å². The number of nitrogens with one attached hydrogen (secondary N) is 1. The van der Waals surface area contributed by atoms with Crippen molar-refractivity contribution in [2.24, 2.45) is 0 Å². The zero-order valence-corrected chi connectivity index (χ0v) is 10.9. The van der Waals surface area contributed by atoms with Gasteiger partial charge in [-0.05, 0) is 46.3 Å². The van der Waals surface area contributed by atoms with Crippen LogP contribution >= 0.6 is 15.9 Å². The molecule has 0 aromatic heterocycles. The number of para-hydroxylation sites is 1. The summed E-state index contributed by atoms with van der Waals surface area (Å²) in [6.45, 7) is 0. The van der Waals surface area contributed by atoms with Crippen LogP contribution in [-0.4, -0.2) is 11.0 Å². The van der Waals surface area contributed by atoms with Gasteiger partial charge in [0, 0.05) is 10.2 Å². The van der Waals surface area contributed by atoms with Crippen molar-refractivity contribution in [3.05, 3.63) is 52.5 Å². The molecule has 2 aromatic rings. The van der Waals surface area contributed by atoms with Crippen LogP contribution in [0.3, 0.4) is 0 Å². The number of benzene rings is 2. The number of carbonyl (C=O) groups excluding carboxylic acids is 1. The average molecular weight is 307 g/mol. The number of phenols is 1. The van der Waals surface area contributed by atoms with Gasteiger partial charge in [-0.1, -0.05) is 12.1 Å². The van der Waals surface area contributed by atoms with Crippen molar-refractivity contribution in [2.75, 3.05) is 11.1 Å². The lowest BCUT2D eigenvalue weighted by Crippen LogP contribution is -2.12. The maximum absolute atomic E-state index is 12.0. The number of halogens is 1. The Morgan fingerprint density at radius 2 is 1.94 bits per heavy atom. The first-order valence-electron chi connectivity index (χ1n) is 5.22. The van der Waals surface area contributed by atoms with Crippen molar-refractivity contribution in [1.82, 2.24) is 0 Å². The summed E-state index contributed by atoms with van der Waals surface area (Å²) in [5.74, 6) is -0.513. The second-order valence-electron chi connectivity index (χ2n) is 3.71. The molecule has 0 unspecified atom stereocenters. The Balaban J connectivity index is 2.28. The Bertz CT molecular complexity index is 599. The number of nitrogens with two attached hydrogens (primary N) is 1. The van der Waals surface area contributed by atoms with Crippen molar-refractivity contribution in [3.63, 3.8) is 0 Å². The average Bonchev–Trinajstić information content (AvgIpc) is 2.35. The van der Waals surface area contributed by atoms with Crippen molar-refractivity contribution >= 4 is 33.2 Å². The topological polar surface area (TPSA) is 75.3 Å². The van der Waals surface area contributed by atoms with Crippen LogP contribution in [0.25, 0.3) is 0 Å². The van der Waals surface area contributed by atoms with E-state index in [1.165, 1.54) is 18.2 Å². The number of anilines is 2. The molecule has 2 rings (SSSR count). The van der Waals surface area contributed by atoms with Crippen LogP contribution in [0.1, 0.15) is 10.4 Å². The van der Waals surface area contributed by atoms with Crippen LogP contribution in [-0.2, 0) is 0 Å². The Kier molecular flexibility index (Phi) is 3.53. The second kappa shape index (κ2) is 5.10. The number of carbonyl (C=O) groups is 1. The minimum atomic E-state index is -0.410. The molecule has 0 spiro atoms. The molecule has 0 bridgehead atoms. The number of aromatic hydroxyl groups is 1. The fourth-order valence-electron chi connectivity index (χ4n) is 1.49. The maximum atomic E-state index is 12.0. The van der Waals surface area contributed by atoms with Crippen LogP contribution in [0.2, 0.25) is 0 Å². The lowest BCUT2D eigenvalue weighted by Gasteiger charge is -2.08. The Labute approximate surface area is 113 Å². The summed E-state index contributed by atoms with van der Waals surface area (Å²) in [5.41, 5.74) is 6.78. The third-order valence-corrected chi connectivity index (χ3v) is 3.08. The highest BCUT2D eigenvalue weighted by Gasteiger charge is 2.12. The smallest absolute Gasteiger partial charge is 0.259 e. The molecule has 18 heavy (non-hydrogen) atoms. The number of hydrogen-bond donors (Lipinski definition) is 3. The summed E-state index contributed by atoms with van der Waals surface area (Å²) in [6.07, 6.45) is 0. The standard InChI is InChI=1S/C13H11BrN2O2/c14-10-3-1-2-4-11(10)16-13(18)9-7-8(15)5-6-12(9)17/h1-7,17H,15H2,(H,16,18). The molecule has 0 aliphatic carbocycles. The van der Waals surface area contributed by atoms with Gasteiger partial charge in [-0.15, -0.1) is 0 Å². The predicted octanol–water partition coefficient (Wildman–Crippen LogP) is 2.99. The maximum Gasteiger partial charge on any atom is 0.259 e. The molecule has 0 aliphatic rings. The van der Waals surface area contributed by atoms with E-state index in [9.17, 15) is 9.90 Å². The van der Waals surface area contributed by atoms with E-state index >= 15 is 0 Å². The third-order valence-electron chi connectivity index (χ3n) is 2.39. The third kappa shape index (κ3) is 2.62. The van der Waals surface area contributed by atoms with E-state index in [-0.39, 0.29) is 11.3 Å². The summed E-state index contributed by atoms with van der Waals surface area (Å²) in [6, 6.07) is 11.6. The summed E-state index contributed by atoms with van der Waals surface area (Å²) in [5, 5.41) is 12.3. The van der Waals surface area contributed by atoms with Gasteiger partial charge in [-0.25, -0.2) is 0 Å². The predicted molar refractivity (Wildman–Crippen MR) is 74.6 cm³/mol. The SMILES string of the molecule is Nc1ccc(O)c(C(=O)Nc2ccccc2Br)c1. The lowest BCUT2D eigenvalue weighted by molar-refractivity contribution is 0.102. The molecule has 92 valence electrons. The number of nitrogen functional groups attached to an aromatic ring is 1. The molecule has 0 aliphatic heterocycles. The fraction of sp³-hybridized carbons (Fsp3) is 0. The molecule has 0 saturated carbocycles. The number of hydrogen-bond acceptors (Lipinski definition) is 3. The molecule has 5 heteroatoms. The van der Waals surface area contributed by atoms with Crippen LogP contribution < -0.4 is 11.1 Å². The first kappa shape index (κ1) is 12.4. The van der Waals surface area contributed by atoms with Gasteiger partial charge in [0.05, 0.1) is 11.3 Å². The lowest BCUT2D eigenvalue weighted by atomic mass is 10.1. The summed E-state index contributed by atoms with van der Waals surface area (Å²) in [7, 11) is 0. The molecule has 1 amide bonds. The highest BCUT2D eigenvalue weighted by atomic mass is 79.9. The molecule has 0 fully saturated rings. The van der Waals surface area contributed by atoms with Crippen molar-refractivity contribution in [2.45, 2.75) is 0 Å². The molecular formula is C13H11BrN2O2. The Hall–Kier alpha value is -2.01. The largest absolute Gasteiger partial charge is 0.507 e. The Morgan fingerprint density at radius 3 is 2.67 bits per heavy atom. The minimum Gasteiger partial charge on any atom is -0.507 e. The van der Waals surface area contributed by atoms with E-state index in [0.717, 1.165) is 4.47 Å². The van der Waals surface area contributed by atoms with E-state index in [4.69, 9.17) is 5.73 Å². The highest BCUT2D eigenvalue weighted by molar-refractivity contribution is 9.10. The summed E-state index contributed by atoms with van der Waals surface area (Å²) < 4.78 is 0.766. The minimum absolute atomic E-state index is 0.103. The van der Waals surface area contributed by atoms with E-state index in [0.29, 0.717) is 11.4 Å². The number of amides is 1. The fourth-order valence-corrected chi connectivity index (χ4v) is 1.87. The summed E-state index contributed by atoms with van der Waals surface area (Å²) in [4.78, 5) is 12.0. The molecule has 0 saturated heterocycles. The zero-order valence-electron chi connectivity index (χ0n) is 9.35. The molecule has 2 aromatic carbocycles. The van der Waals surface area contributed by atoms with Gasteiger partial charge < -0.3 is 16.2 Å². The second-order valence-corrected chi connectivity index (χ2v) is 4.56. The number of rotatable bonds is 2. The van der Waals surface area contributed by atoms with Gasteiger partial charge in [-0.3, -0.25) is 4.79 Å². The van der Waals surface area contributed by atoms with Gasteiger partial charge in [0.1, 0.15) is 5.75 Å². The van der Waals surface area contributed by atoms with Crippen LogP contribution in [0.4, 0.5) is 11.4 Å². The molecule has 0 radical (unpaired) electrons. The highest BCUT2D eigenvalue weighted by Crippen LogP contribution is 2.24. The van der Waals surface area contributed by atoms with E-state index < -0.39 is 5.91 Å². The van der Waals surface area contributed by atoms with E-state index in [1.54, 1.807) is 12.1 Å². The van der Waals surface area contributed by atoms with Crippen LogP contribution in [0, 0.1) is 0 Å². The van der Waals surface area contributed by atoms with Gasteiger partial charge in [0.2, 0.25) is 0 Å². The number of phenolic OH excluding ortho intramolecular Hbond substituents is 1. The monoisotopic (exact) mass is 306 g/mol. The quantitative estimate of drug-likeness (QED) is 0.590. The van der Waals surface area contributed by atoms with Gasteiger partial charge >= 0.3 is 0 Å². The zero-order chi connectivity index (χ0) is 13.1. The molecule has 0 atom stereocenters. The van der Waals surface area contributed by atoms with Crippen molar-refractivity contribution in [1.29, 1.82) is 0 Å². The molecule has 4 N–H and O–H groups in total. The van der Waals surface area contributed by atoms with Crippen molar-refractivity contribution < 1.29 is 9.90 Å². The first-order chi connectivity index (χ1) is 8.58. The summed E-state index contributed by atoms with van der Waals surface area (Å²) >= 11 is 3.33. The molecule has 0 heterocycles. The normalized spacial score (nSPS) is 10.1. The van der Waals surface area contributed by atoms with Gasteiger partial charge in [0.15, 0.2) is 0 Å².